The lowest BCUT2D eigenvalue weighted by Crippen LogP contribution is -2.35. The van der Waals surface area contributed by atoms with Crippen LogP contribution >= 0.6 is 11.8 Å². The molecule has 0 bridgehead atoms. The smallest absolute Gasteiger partial charge is 0.199 e. The minimum Gasteiger partial charge on any atom is -0.303 e. The van der Waals surface area contributed by atoms with Crippen LogP contribution in [0, 0.1) is 17.7 Å². The maximum absolute atomic E-state index is 13.3. The third kappa shape index (κ3) is 7.03. The van der Waals surface area contributed by atoms with Crippen LogP contribution in [0.25, 0.3) is 0 Å². The van der Waals surface area contributed by atoms with Gasteiger partial charge in [-0.25, -0.2) is 4.39 Å². The number of carbonyl (C=O) groups excluding carboxylic acids is 1. The van der Waals surface area contributed by atoms with Gasteiger partial charge in [0.2, 0.25) is 0 Å². The predicted molar refractivity (Wildman–Crippen MR) is 153 cm³/mol. The van der Waals surface area contributed by atoms with E-state index in [2.05, 4.69) is 41.5 Å². The van der Waals surface area contributed by atoms with Gasteiger partial charge in [-0.15, -0.1) is 0 Å². The van der Waals surface area contributed by atoms with Crippen LogP contribution in [0.2, 0.25) is 0 Å². The summed E-state index contributed by atoms with van der Waals surface area (Å²) in [4.78, 5) is 16.8. The average Bonchev–Trinajstić information content (AvgIpc) is 3.26. The minimum atomic E-state index is -0.153. The number of ketones is 1. The molecule has 2 aromatic rings. The zero-order valence-corrected chi connectivity index (χ0v) is 23.0. The summed E-state index contributed by atoms with van der Waals surface area (Å²) in [5.74, 6) is 1.67. The van der Waals surface area contributed by atoms with Crippen LogP contribution < -0.4 is 0 Å². The molecule has 2 aromatic carbocycles. The fraction of sp³-hybridized carbons (Fsp3) is 0.485. The van der Waals surface area contributed by atoms with Crippen molar-refractivity contribution in [3.63, 3.8) is 0 Å². The Morgan fingerprint density at radius 2 is 1.68 bits per heavy atom. The van der Waals surface area contributed by atoms with Crippen molar-refractivity contribution in [1.29, 1.82) is 0 Å². The summed E-state index contributed by atoms with van der Waals surface area (Å²) in [7, 11) is 0. The molecule has 1 saturated heterocycles. The summed E-state index contributed by atoms with van der Waals surface area (Å²) in [6.07, 6.45) is 13.9. The Bertz CT molecular complexity index is 1140. The fourth-order valence-electron chi connectivity index (χ4n) is 6.28. The number of rotatable bonds is 7. The van der Waals surface area contributed by atoms with Gasteiger partial charge in [0.1, 0.15) is 5.82 Å². The summed E-state index contributed by atoms with van der Waals surface area (Å²) >= 11 is 1.59. The van der Waals surface area contributed by atoms with Crippen molar-refractivity contribution in [2.45, 2.75) is 71.1 Å². The van der Waals surface area contributed by atoms with E-state index in [1.807, 2.05) is 12.1 Å². The Hall–Kier alpha value is -2.17. The Morgan fingerprint density at radius 3 is 2.46 bits per heavy atom. The summed E-state index contributed by atoms with van der Waals surface area (Å²) in [5, 5.41) is 2.08. The summed E-state index contributed by atoms with van der Waals surface area (Å²) in [5.41, 5.74) is 6.16. The molecule has 1 fully saturated rings. The van der Waals surface area contributed by atoms with Crippen molar-refractivity contribution in [2.24, 2.45) is 11.8 Å². The maximum atomic E-state index is 13.3. The third-order valence-electron chi connectivity index (χ3n) is 8.68. The highest BCUT2D eigenvalue weighted by molar-refractivity contribution is 8.06. The van der Waals surface area contributed by atoms with E-state index in [1.54, 1.807) is 23.9 Å². The number of likely N-dealkylation sites (tertiary alicyclic amines) is 1. The van der Waals surface area contributed by atoms with Crippen LogP contribution in [0.1, 0.15) is 78.9 Å². The number of allylic oxidation sites excluding steroid dienone is 3. The summed E-state index contributed by atoms with van der Waals surface area (Å²) < 4.78 is 13.1. The number of carbonyl (C=O) groups is 1. The highest BCUT2D eigenvalue weighted by Crippen LogP contribution is 2.34. The molecule has 1 unspecified atom stereocenters. The van der Waals surface area contributed by atoms with Crippen LogP contribution in [0.3, 0.4) is 0 Å². The molecule has 3 aliphatic rings. The normalized spacial score (nSPS) is 21.4. The number of nitrogens with zero attached hydrogens (tertiary/aromatic N) is 1. The van der Waals surface area contributed by atoms with Gasteiger partial charge < -0.3 is 4.90 Å². The molecule has 2 aliphatic heterocycles. The second-order valence-electron chi connectivity index (χ2n) is 11.3. The first-order chi connectivity index (χ1) is 18.0. The number of benzene rings is 2. The first-order valence-corrected chi connectivity index (χ1v) is 15.1. The number of hydrogen-bond acceptors (Lipinski definition) is 3. The zero-order chi connectivity index (χ0) is 25.6. The molecular weight excluding hydrogens is 477 g/mol. The quantitative estimate of drug-likeness (QED) is 0.273. The van der Waals surface area contributed by atoms with Gasteiger partial charge in [0.05, 0.1) is 4.91 Å². The van der Waals surface area contributed by atoms with Crippen molar-refractivity contribution >= 4 is 17.5 Å². The Labute approximate surface area is 226 Å². The van der Waals surface area contributed by atoms with E-state index in [1.165, 1.54) is 67.5 Å². The second-order valence-corrected chi connectivity index (χ2v) is 12.2. The van der Waals surface area contributed by atoms with Gasteiger partial charge in [-0.05, 0) is 136 Å². The van der Waals surface area contributed by atoms with Crippen LogP contribution in [-0.4, -0.2) is 30.3 Å². The first-order valence-electron chi connectivity index (χ1n) is 14.2. The number of aryl methyl sites for hydroxylation is 2. The molecule has 0 spiro atoms. The van der Waals surface area contributed by atoms with Crippen molar-refractivity contribution in [1.82, 2.24) is 4.90 Å². The summed E-state index contributed by atoms with van der Waals surface area (Å²) in [6.45, 7) is 5.56. The van der Waals surface area contributed by atoms with Gasteiger partial charge in [0.15, 0.2) is 5.78 Å². The van der Waals surface area contributed by atoms with E-state index in [-0.39, 0.29) is 11.6 Å². The van der Waals surface area contributed by atoms with Crippen molar-refractivity contribution < 1.29 is 9.18 Å². The average molecular weight is 518 g/mol. The molecule has 196 valence electrons. The molecule has 4 heteroatoms. The first kappa shape index (κ1) is 26.4. The van der Waals surface area contributed by atoms with Gasteiger partial charge >= 0.3 is 0 Å². The van der Waals surface area contributed by atoms with Crippen molar-refractivity contribution in [3.05, 3.63) is 92.5 Å². The lowest BCUT2D eigenvalue weighted by molar-refractivity contribution is 0.104. The van der Waals surface area contributed by atoms with Crippen LogP contribution in [0.4, 0.5) is 4.39 Å². The number of fused-ring (bicyclic) bond motifs is 1. The SMILES string of the molecule is CC1=C(C(=O)c2ccc3c(c2)CCC(CC2CCN(CCc4ccc(F)cc4)CC2)CC3)SC=CCC1. The van der Waals surface area contributed by atoms with Gasteiger partial charge in [0, 0.05) is 12.1 Å². The van der Waals surface area contributed by atoms with Crippen LogP contribution in [0.15, 0.2) is 64.4 Å². The molecule has 2 nitrogen and oxygen atoms in total. The molecular formula is C33H40FNOS. The molecule has 0 N–H and O–H groups in total. The number of hydrogen-bond donors (Lipinski definition) is 0. The van der Waals surface area contributed by atoms with E-state index in [0.717, 1.165) is 61.0 Å². The second kappa shape index (κ2) is 12.6. The molecule has 1 atom stereocenters. The van der Waals surface area contributed by atoms with Gasteiger partial charge in [-0.1, -0.05) is 47.7 Å². The maximum Gasteiger partial charge on any atom is 0.199 e. The van der Waals surface area contributed by atoms with E-state index >= 15 is 0 Å². The topological polar surface area (TPSA) is 20.3 Å². The van der Waals surface area contributed by atoms with Crippen LogP contribution in [0.5, 0.6) is 0 Å². The third-order valence-corrected chi connectivity index (χ3v) is 9.78. The van der Waals surface area contributed by atoms with Gasteiger partial charge in [-0.2, -0.15) is 0 Å². The predicted octanol–water partition coefficient (Wildman–Crippen LogP) is 8.16. The number of thioether (sulfide) groups is 1. The van der Waals surface area contributed by atoms with E-state index in [4.69, 9.17) is 0 Å². The zero-order valence-electron chi connectivity index (χ0n) is 22.2. The molecule has 0 radical (unpaired) electrons. The van der Waals surface area contributed by atoms with Crippen molar-refractivity contribution in [2.75, 3.05) is 19.6 Å². The largest absolute Gasteiger partial charge is 0.303 e. The highest BCUT2D eigenvalue weighted by Gasteiger charge is 2.25. The molecule has 0 amide bonds. The van der Waals surface area contributed by atoms with E-state index in [0.29, 0.717) is 0 Å². The van der Waals surface area contributed by atoms with Crippen molar-refractivity contribution in [3.8, 4) is 0 Å². The highest BCUT2D eigenvalue weighted by atomic mass is 32.2. The van der Waals surface area contributed by atoms with E-state index in [9.17, 15) is 9.18 Å². The minimum absolute atomic E-state index is 0.153. The lowest BCUT2D eigenvalue weighted by atomic mass is 9.83. The molecule has 0 aromatic heterocycles. The Balaban J connectivity index is 1.10. The Morgan fingerprint density at radius 1 is 0.946 bits per heavy atom. The van der Waals surface area contributed by atoms with Gasteiger partial charge in [0.25, 0.3) is 0 Å². The molecule has 5 rings (SSSR count). The number of Topliss-reactive ketones (excluding diaryl/α,β-unsaturated/α-hetero) is 1. The lowest BCUT2D eigenvalue weighted by Gasteiger charge is -2.33. The molecule has 0 saturated carbocycles. The molecule has 1 aliphatic carbocycles. The fourth-order valence-corrected chi connectivity index (χ4v) is 7.17. The number of piperidine rings is 1. The standard InChI is InChI=1S/C33H40FNOS/c1-24-4-2-3-21-37-33(24)32(36)30-12-11-28-9-5-26(6-10-29(28)23-30)22-27-16-19-35(20-17-27)18-15-25-7-13-31(34)14-8-25/h3,7-8,11-14,21,23,26-27H,2,4-6,9-10,15-20,22H2,1H3. The Kier molecular flexibility index (Phi) is 8.99. The van der Waals surface area contributed by atoms with E-state index < -0.39 is 0 Å². The molecule has 2 heterocycles. The summed E-state index contributed by atoms with van der Waals surface area (Å²) in [6, 6.07) is 13.5. The monoisotopic (exact) mass is 517 g/mol. The van der Waals surface area contributed by atoms with Gasteiger partial charge in [-0.3, -0.25) is 4.79 Å². The van der Waals surface area contributed by atoms with Crippen LogP contribution in [-0.2, 0) is 19.3 Å². The number of halogens is 1. The molecule has 37 heavy (non-hydrogen) atoms.